The highest BCUT2D eigenvalue weighted by molar-refractivity contribution is 4.99. The van der Waals surface area contributed by atoms with Gasteiger partial charge >= 0.3 is 0 Å². The zero-order valence-electron chi connectivity index (χ0n) is 7.28. The Labute approximate surface area is 72.9 Å². The number of likely N-dealkylation sites (tertiary alicyclic amines) is 1. The maximum Gasteiger partial charge on any atom is 0.0718 e. The summed E-state index contributed by atoms with van der Waals surface area (Å²) < 4.78 is 5.55. The molecule has 3 aliphatic rings. The van der Waals surface area contributed by atoms with Crippen molar-refractivity contribution in [1.29, 1.82) is 0 Å². The third-order valence-corrected chi connectivity index (χ3v) is 3.56. The number of morpholine rings is 1. The van der Waals surface area contributed by atoms with Crippen LogP contribution < -0.4 is 5.73 Å². The summed E-state index contributed by atoms with van der Waals surface area (Å²) >= 11 is 0. The third-order valence-electron chi connectivity index (χ3n) is 3.56. The standard InChI is InChI=1S/C9H16N2O/c10-6-1-7(2-6)11-4-9-3-8(11)5-12-9/h6-9H,1-5,10H2. The first kappa shape index (κ1) is 7.30. The highest BCUT2D eigenvalue weighted by atomic mass is 16.5. The van der Waals surface area contributed by atoms with Crippen molar-refractivity contribution in [3.63, 3.8) is 0 Å². The Morgan fingerprint density at radius 1 is 1.17 bits per heavy atom. The maximum atomic E-state index is 5.78. The fourth-order valence-corrected chi connectivity index (χ4v) is 2.78. The largest absolute Gasteiger partial charge is 0.375 e. The summed E-state index contributed by atoms with van der Waals surface area (Å²) in [6.45, 7) is 2.14. The summed E-state index contributed by atoms with van der Waals surface area (Å²) in [5.41, 5.74) is 5.78. The van der Waals surface area contributed by atoms with Crippen LogP contribution in [0.3, 0.4) is 0 Å². The van der Waals surface area contributed by atoms with E-state index < -0.39 is 0 Å². The zero-order chi connectivity index (χ0) is 8.13. The molecule has 3 nitrogen and oxygen atoms in total. The van der Waals surface area contributed by atoms with Crippen molar-refractivity contribution < 1.29 is 4.74 Å². The van der Waals surface area contributed by atoms with E-state index in [0.717, 1.165) is 18.7 Å². The van der Waals surface area contributed by atoms with Crippen LogP contribution in [0.4, 0.5) is 0 Å². The number of ether oxygens (including phenoxy) is 1. The van der Waals surface area contributed by atoms with Crippen LogP contribution in [-0.2, 0) is 4.74 Å². The molecule has 0 amide bonds. The van der Waals surface area contributed by atoms with E-state index in [1.807, 2.05) is 0 Å². The van der Waals surface area contributed by atoms with Gasteiger partial charge in [-0.15, -0.1) is 0 Å². The number of rotatable bonds is 1. The minimum Gasteiger partial charge on any atom is -0.375 e. The van der Waals surface area contributed by atoms with Crippen LogP contribution in [-0.4, -0.2) is 42.3 Å². The van der Waals surface area contributed by atoms with Gasteiger partial charge in [-0.25, -0.2) is 0 Å². The molecule has 3 fully saturated rings. The summed E-state index contributed by atoms with van der Waals surface area (Å²) in [7, 11) is 0. The lowest BCUT2D eigenvalue weighted by Gasteiger charge is -2.43. The van der Waals surface area contributed by atoms with E-state index in [2.05, 4.69) is 4.90 Å². The van der Waals surface area contributed by atoms with E-state index in [9.17, 15) is 0 Å². The molecule has 2 N–H and O–H groups in total. The Morgan fingerprint density at radius 2 is 2.00 bits per heavy atom. The van der Waals surface area contributed by atoms with Crippen molar-refractivity contribution in [2.45, 2.75) is 43.5 Å². The lowest BCUT2D eigenvalue weighted by molar-refractivity contribution is -0.0100. The molecule has 2 bridgehead atoms. The lowest BCUT2D eigenvalue weighted by Crippen LogP contribution is -2.54. The summed E-state index contributed by atoms with van der Waals surface area (Å²) in [5.74, 6) is 0. The highest BCUT2D eigenvalue weighted by Crippen LogP contribution is 2.35. The fourth-order valence-electron chi connectivity index (χ4n) is 2.78. The van der Waals surface area contributed by atoms with E-state index in [-0.39, 0.29) is 0 Å². The van der Waals surface area contributed by atoms with E-state index in [1.165, 1.54) is 25.8 Å². The van der Waals surface area contributed by atoms with Crippen molar-refractivity contribution in [2.24, 2.45) is 5.73 Å². The van der Waals surface area contributed by atoms with Crippen LogP contribution in [0.15, 0.2) is 0 Å². The summed E-state index contributed by atoms with van der Waals surface area (Å²) in [5, 5.41) is 0. The van der Waals surface area contributed by atoms with Gasteiger partial charge in [0.2, 0.25) is 0 Å². The minimum absolute atomic E-state index is 0.482. The lowest BCUT2D eigenvalue weighted by atomic mass is 9.86. The van der Waals surface area contributed by atoms with Gasteiger partial charge in [-0.3, -0.25) is 4.90 Å². The SMILES string of the molecule is NC1CC(N2CC3CC2CO3)C1. The van der Waals surface area contributed by atoms with Gasteiger partial charge in [0.15, 0.2) is 0 Å². The zero-order valence-corrected chi connectivity index (χ0v) is 7.28. The van der Waals surface area contributed by atoms with E-state index >= 15 is 0 Å². The van der Waals surface area contributed by atoms with Crippen LogP contribution in [0.25, 0.3) is 0 Å². The minimum atomic E-state index is 0.482. The van der Waals surface area contributed by atoms with Crippen molar-refractivity contribution in [2.75, 3.05) is 13.2 Å². The van der Waals surface area contributed by atoms with E-state index in [0.29, 0.717) is 12.1 Å². The Bertz CT molecular complexity index is 191. The molecule has 1 aliphatic carbocycles. The van der Waals surface area contributed by atoms with Gasteiger partial charge < -0.3 is 10.5 Å². The Hall–Kier alpha value is -0.120. The van der Waals surface area contributed by atoms with Crippen LogP contribution in [0.5, 0.6) is 0 Å². The molecule has 12 heavy (non-hydrogen) atoms. The molecule has 0 aromatic heterocycles. The van der Waals surface area contributed by atoms with Crippen LogP contribution in [0, 0.1) is 0 Å². The number of hydrogen-bond acceptors (Lipinski definition) is 3. The van der Waals surface area contributed by atoms with E-state index in [1.54, 1.807) is 0 Å². The quantitative estimate of drug-likeness (QED) is 0.596. The third kappa shape index (κ3) is 0.934. The van der Waals surface area contributed by atoms with E-state index in [4.69, 9.17) is 10.5 Å². The van der Waals surface area contributed by atoms with Crippen LogP contribution >= 0.6 is 0 Å². The molecule has 2 heterocycles. The topological polar surface area (TPSA) is 38.5 Å². The molecular formula is C9H16N2O. The van der Waals surface area contributed by atoms with Gasteiger partial charge in [-0.05, 0) is 19.3 Å². The first-order valence-electron chi connectivity index (χ1n) is 4.96. The summed E-state index contributed by atoms with van der Waals surface area (Å²) in [4.78, 5) is 2.62. The maximum absolute atomic E-state index is 5.78. The molecule has 2 saturated heterocycles. The smallest absolute Gasteiger partial charge is 0.0718 e. The number of nitrogens with two attached hydrogens (primary N) is 1. The molecule has 3 heteroatoms. The molecule has 2 unspecified atom stereocenters. The summed E-state index contributed by atoms with van der Waals surface area (Å²) in [6, 6.07) is 2.00. The molecule has 0 radical (unpaired) electrons. The Morgan fingerprint density at radius 3 is 2.50 bits per heavy atom. The molecule has 0 spiro atoms. The Kier molecular flexibility index (Phi) is 1.48. The van der Waals surface area contributed by atoms with Gasteiger partial charge in [0, 0.05) is 24.7 Å². The van der Waals surface area contributed by atoms with Gasteiger partial charge in [-0.2, -0.15) is 0 Å². The Balaban J connectivity index is 1.64. The number of nitrogens with zero attached hydrogens (tertiary/aromatic N) is 1. The normalized spacial score (nSPS) is 52.8. The van der Waals surface area contributed by atoms with Gasteiger partial charge in [-0.1, -0.05) is 0 Å². The van der Waals surface area contributed by atoms with Crippen molar-refractivity contribution in [1.82, 2.24) is 4.90 Å². The fraction of sp³-hybridized carbons (Fsp3) is 1.00. The van der Waals surface area contributed by atoms with Crippen LogP contribution in [0.2, 0.25) is 0 Å². The average Bonchev–Trinajstić information content (AvgIpc) is 2.58. The summed E-state index contributed by atoms with van der Waals surface area (Å²) in [6.07, 6.45) is 4.24. The first-order valence-corrected chi connectivity index (χ1v) is 4.96. The molecule has 1 saturated carbocycles. The molecule has 0 aromatic rings. The first-order chi connectivity index (χ1) is 5.83. The van der Waals surface area contributed by atoms with Gasteiger partial charge in [0.05, 0.1) is 12.7 Å². The van der Waals surface area contributed by atoms with Crippen molar-refractivity contribution in [3.8, 4) is 0 Å². The molecule has 0 aromatic carbocycles. The van der Waals surface area contributed by atoms with Gasteiger partial charge in [0.1, 0.15) is 0 Å². The highest BCUT2D eigenvalue weighted by Gasteiger charge is 2.44. The molecule has 2 atom stereocenters. The van der Waals surface area contributed by atoms with Crippen molar-refractivity contribution >= 4 is 0 Å². The molecule has 2 aliphatic heterocycles. The predicted octanol–water partition coefficient (Wildman–Crippen LogP) is -0.0508. The molecular weight excluding hydrogens is 152 g/mol. The van der Waals surface area contributed by atoms with Crippen molar-refractivity contribution in [3.05, 3.63) is 0 Å². The average molecular weight is 168 g/mol. The number of fused-ring (bicyclic) bond motifs is 2. The van der Waals surface area contributed by atoms with Crippen LogP contribution in [0.1, 0.15) is 19.3 Å². The van der Waals surface area contributed by atoms with Gasteiger partial charge in [0.25, 0.3) is 0 Å². The number of hydrogen-bond donors (Lipinski definition) is 1. The second kappa shape index (κ2) is 2.44. The molecule has 68 valence electrons. The second-order valence-electron chi connectivity index (χ2n) is 4.43. The predicted molar refractivity (Wildman–Crippen MR) is 45.8 cm³/mol. The second-order valence-corrected chi connectivity index (χ2v) is 4.43. The molecule has 3 rings (SSSR count). The monoisotopic (exact) mass is 168 g/mol.